The first-order chi connectivity index (χ1) is 6.33. The second-order valence-corrected chi connectivity index (χ2v) is 3.67. The molecule has 0 aromatic carbocycles. The Hall–Kier alpha value is -1.01. The van der Waals surface area contributed by atoms with Crippen LogP contribution in [0.4, 0.5) is 0 Å². The number of aromatic nitrogens is 2. The number of hydrogen-bond acceptors (Lipinski definition) is 1. The van der Waals surface area contributed by atoms with E-state index in [0.717, 1.165) is 17.7 Å². The summed E-state index contributed by atoms with van der Waals surface area (Å²) in [4.78, 5) is 3.32. The van der Waals surface area contributed by atoms with E-state index in [1.807, 2.05) is 0 Å². The monoisotopic (exact) mass is 195 g/mol. The lowest BCUT2D eigenvalue weighted by atomic mass is 10.1. The van der Waals surface area contributed by atoms with Crippen molar-refractivity contribution in [3.63, 3.8) is 0 Å². The van der Waals surface area contributed by atoms with Gasteiger partial charge in [-0.25, -0.2) is 6.57 Å². The normalized spacial score (nSPS) is 15.7. The molecule has 0 bridgehead atoms. The minimum atomic E-state index is 0.499. The van der Waals surface area contributed by atoms with Gasteiger partial charge < -0.3 is 4.85 Å². The van der Waals surface area contributed by atoms with Crippen LogP contribution in [-0.2, 0) is 6.42 Å². The molecule has 1 aliphatic carbocycles. The molecule has 3 nitrogen and oxygen atoms in total. The standard InChI is InChI=1S/C9H10ClN3/c1-11-5-4-7-8(6-2-3-6)12-13-9(7)10/h6H,2-5H2,(H,12,13). The molecule has 1 aliphatic rings. The summed E-state index contributed by atoms with van der Waals surface area (Å²) in [5.41, 5.74) is 2.22. The highest BCUT2D eigenvalue weighted by atomic mass is 35.5. The Bertz CT molecular complexity index is 346. The molecule has 1 saturated carbocycles. The van der Waals surface area contributed by atoms with Crippen molar-refractivity contribution < 1.29 is 0 Å². The van der Waals surface area contributed by atoms with Gasteiger partial charge in [-0.1, -0.05) is 11.6 Å². The number of aromatic amines is 1. The van der Waals surface area contributed by atoms with Gasteiger partial charge in [0, 0.05) is 23.6 Å². The summed E-state index contributed by atoms with van der Waals surface area (Å²) >= 11 is 5.91. The lowest BCUT2D eigenvalue weighted by Crippen LogP contribution is -1.92. The molecule has 1 heterocycles. The Balaban J connectivity index is 2.20. The predicted octanol–water partition coefficient (Wildman–Crippen LogP) is 2.40. The van der Waals surface area contributed by atoms with E-state index in [-0.39, 0.29) is 0 Å². The van der Waals surface area contributed by atoms with Crippen LogP contribution in [0.3, 0.4) is 0 Å². The third kappa shape index (κ3) is 1.68. The van der Waals surface area contributed by atoms with Crippen molar-refractivity contribution in [2.45, 2.75) is 25.2 Å². The minimum Gasteiger partial charge on any atom is -0.317 e. The summed E-state index contributed by atoms with van der Waals surface area (Å²) in [6.45, 7) is 7.22. The van der Waals surface area contributed by atoms with E-state index in [1.165, 1.54) is 12.8 Å². The highest BCUT2D eigenvalue weighted by molar-refractivity contribution is 6.30. The Labute approximate surface area is 81.9 Å². The van der Waals surface area contributed by atoms with Crippen molar-refractivity contribution in [3.8, 4) is 0 Å². The van der Waals surface area contributed by atoms with Gasteiger partial charge in [0.1, 0.15) is 0 Å². The highest BCUT2D eigenvalue weighted by Crippen LogP contribution is 2.41. The SMILES string of the molecule is [C-]#[N+]CCc1c(Cl)n[nH]c1C1CC1. The first-order valence-electron chi connectivity index (χ1n) is 4.38. The van der Waals surface area contributed by atoms with E-state index in [1.54, 1.807) is 0 Å². The van der Waals surface area contributed by atoms with Crippen molar-refractivity contribution >= 4 is 11.6 Å². The van der Waals surface area contributed by atoms with Gasteiger partial charge in [-0.15, -0.1) is 0 Å². The van der Waals surface area contributed by atoms with Gasteiger partial charge in [0.15, 0.2) is 5.15 Å². The van der Waals surface area contributed by atoms with Gasteiger partial charge in [-0.2, -0.15) is 5.10 Å². The average Bonchev–Trinajstić information content (AvgIpc) is 2.89. The Kier molecular flexibility index (Phi) is 2.24. The molecule has 0 saturated heterocycles. The van der Waals surface area contributed by atoms with Gasteiger partial charge >= 0.3 is 0 Å². The van der Waals surface area contributed by atoms with E-state index in [9.17, 15) is 0 Å². The maximum atomic E-state index is 6.72. The molecule has 1 fully saturated rings. The summed E-state index contributed by atoms with van der Waals surface area (Å²) in [7, 11) is 0. The lowest BCUT2D eigenvalue weighted by Gasteiger charge is -1.96. The number of nitrogens with zero attached hydrogens (tertiary/aromatic N) is 2. The molecule has 1 N–H and O–H groups in total. The third-order valence-corrected chi connectivity index (χ3v) is 2.62. The van der Waals surface area contributed by atoms with Crippen molar-refractivity contribution in [2.24, 2.45) is 0 Å². The lowest BCUT2D eigenvalue weighted by molar-refractivity contribution is 0.940. The van der Waals surface area contributed by atoms with Crippen LogP contribution < -0.4 is 0 Å². The van der Waals surface area contributed by atoms with Crippen molar-refractivity contribution in [3.05, 3.63) is 27.8 Å². The number of H-pyrrole nitrogens is 1. The van der Waals surface area contributed by atoms with E-state index in [0.29, 0.717) is 17.6 Å². The first kappa shape index (κ1) is 8.58. The predicted molar refractivity (Wildman–Crippen MR) is 50.7 cm³/mol. The number of nitrogens with one attached hydrogen (secondary N) is 1. The molecule has 0 atom stereocenters. The Morgan fingerprint density at radius 1 is 1.62 bits per heavy atom. The first-order valence-corrected chi connectivity index (χ1v) is 4.76. The summed E-state index contributed by atoms with van der Waals surface area (Å²) in [6.07, 6.45) is 3.18. The maximum Gasteiger partial charge on any atom is 0.218 e. The molecule has 1 aromatic heterocycles. The fourth-order valence-corrected chi connectivity index (χ4v) is 1.71. The molecule has 4 heteroatoms. The average molecular weight is 196 g/mol. The van der Waals surface area contributed by atoms with Crippen LogP contribution in [0.15, 0.2) is 0 Å². The largest absolute Gasteiger partial charge is 0.317 e. The van der Waals surface area contributed by atoms with Crippen LogP contribution in [0.1, 0.15) is 30.0 Å². The van der Waals surface area contributed by atoms with Crippen LogP contribution in [0.2, 0.25) is 5.15 Å². The van der Waals surface area contributed by atoms with Crippen LogP contribution in [0.25, 0.3) is 4.85 Å². The van der Waals surface area contributed by atoms with Gasteiger partial charge in [0.2, 0.25) is 6.54 Å². The molecule has 0 amide bonds. The summed E-state index contributed by atoms with van der Waals surface area (Å²) in [5.74, 6) is 0.626. The molecule has 1 aromatic rings. The Morgan fingerprint density at radius 3 is 3.00 bits per heavy atom. The molecule has 68 valence electrons. The highest BCUT2D eigenvalue weighted by Gasteiger charge is 2.29. The zero-order valence-electron chi connectivity index (χ0n) is 7.18. The van der Waals surface area contributed by atoms with Gasteiger partial charge in [-0.05, 0) is 12.8 Å². The number of halogens is 1. The van der Waals surface area contributed by atoms with Crippen LogP contribution in [-0.4, -0.2) is 16.7 Å². The van der Waals surface area contributed by atoms with Crippen molar-refractivity contribution in [1.29, 1.82) is 0 Å². The summed E-state index contributed by atoms with van der Waals surface area (Å²) < 4.78 is 0. The molecule has 13 heavy (non-hydrogen) atoms. The van der Waals surface area contributed by atoms with Crippen LogP contribution >= 0.6 is 11.6 Å². The van der Waals surface area contributed by atoms with Crippen molar-refractivity contribution in [2.75, 3.05) is 6.54 Å². The van der Waals surface area contributed by atoms with Crippen LogP contribution in [0.5, 0.6) is 0 Å². The fraction of sp³-hybridized carbons (Fsp3) is 0.556. The number of hydrogen-bond donors (Lipinski definition) is 1. The zero-order chi connectivity index (χ0) is 9.26. The van der Waals surface area contributed by atoms with Gasteiger partial charge in [0.25, 0.3) is 0 Å². The summed E-state index contributed by atoms with van der Waals surface area (Å²) in [5, 5.41) is 7.48. The van der Waals surface area contributed by atoms with E-state index < -0.39 is 0 Å². The van der Waals surface area contributed by atoms with E-state index >= 15 is 0 Å². The molecule has 0 unspecified atom stereocenters. The zero-order valence-corrected chi connectivity index (χ0v) is 7.93. The molecular weight excluding hydrogens is 186 g/mol. The van der Waals surface area contributed by atoms with Gasteiger partial charge in [-0.3, -0.25) is 5.10 Å². The molecule has 2 rings (SSSR count). The van der Waals surface area contributed by atoms with E-state index in [4.69, 9.17) is 18.2 Å². The van der Waals surface area contributed by atoms with Crippen molar-refractivity contribution in [1.82, 2.24) is 10.2 Å². The summed E-state index contributed by atoms with van der Waals surface area (Å²) in [6, 6.07) is 0. The molecular formula is C9H10ClN3. The topological polar surface area (TPSA) is 33.0 Å². The smallest absolute Gasteiger partial charge is 0.218 e. The number of rotatable bonds is 3. The second kappa shape index (κ2) is 3.39. The Morgan fingerprint density at radius 2 is 2.38 bits per heavy atom. The minimum absolute atomic E-state index is 0.499. The molecule has 0 radical (unpaired) electrons. The van der Waals surface area contributed by atoms with Crippen LogP contribution in [0, 0.1) is 6.57 Å². The van der Waals surface area contributed by atoms with Gasteiger partial charge in [0.05, 0.1) is 0 Å². The maximum absolute atomic E-state index is 6.72. The molecule has 0 aliphatic heterocycles. The fourth-order valence-electron chi connectivity index (χ4n) is 1.47. The quantitative estimate of drug-likeness (QED) is 0.739. The van der Waals surface area contributed by atoms with E-state index in [2.05, 4.69) is 15.0 Å². The molecule has 0 spiro atoms. The third-order valence-electron chi connectivity index (χ3n) is 2.31. The second-order valence-electron chi connectivity index (χ2n) is 3.31.